The van der Waals surface area contributed by atoms with Gasteiger partial charge in [-0.1, -0.05) is 0 Å². The van der Waals surface area contributed by atoms with Crippen molar-refractivity contribution in [2.75, 3.05) is 0 Å². The van der Waals surface area contributed by atoms with Gasteiger partial charge >= 0.3 is 0 Å². The molecule has 0 saturated heterocycles. The van der Waals surface area contributed by atoms with Crippen LogP contribution in [0.4, 0.5) is 0 Å². The summed E-state index contributed by atoms with van der Waals surface area (Å²) in [4.78, 5) is 59.9. The van der Waals surface area contributed by atoms with Crippen molar-refractivity contribution >= 4 is 34.7 Å². The fraction of sp³-hybridized carbons (Fsp3) is 0.400. The molecule has 0 aliphatic rings. The number of rotatable bonds is 6. The summed E-state index contributed by atoms with van der Waals surface area (Å²) in [7, 11) is 0. The van der Waals surface area contributed by atoms with Gasteiger partial charge in [-0.05, 0) is 41.5 Å². The van der Waals surface area contributed by atoms with E-state index in [-0.39, 0.29) is 75.5 Å². The number of carbonyl (C=O) groups is 6. The van der Waals surface area contributed by atoms with Crippen molar-refractivity contribution in [2.45, 2.75) is 41.5 Å². The van der Waals surface area contributed by atoms with E-state index in [1.807, 2.05) is 0 Å². The van der Waals surface area contributed by atoms with Gasteiger partial charge in [0.05, 0.1) is 0 Å². The van der Waals surface area contributed by atoms with Crippen LogP contribution in [0.15, 0.2) is 0 Å². The summed E-state index contributed by atoms with van der Waals surface area (Å²) < 4.78 is 0. The number of carbonyl (C=O) groups excluding carboxylic acids is 6. The Morgan fingerprint density at radius 2 is 0.500 bits per heavy atom. The van der Waals surface area contributed by atoms with E-state index < -0.39 is 0 Å². The van der Waals surface area contributed by atoms with Crippen LogP contribution in [0.2, 0.25) is 0 Å². The molecular weight excluding hydrogens is 420 g/mol. The standard InChI is InChI=1S/3C5H7O2.Nd/c3*1-4(6)3-5(2)7;/h3*3H,1-2H3;/q3*-1;. The van der Waals surface area contributed by atoms with Crippen LogP contribution in [0.25, 0.3) is 0 Å². The van der Waals surface area contributed by atoms with Crippen molar-refractivity contribution < 1.29 is 69.6 Å². The number of ketones is 6. The van der Waals surface area contributed by atoms with E-state index in [1.165, 1.54) is 41.5 Å². The van der Waals surface area contributed by atoms with Gasteiger partial charge < -0.3 is 28.8 Å². The third-order valence-corrected chi connectivity index (χ3v) is 1.22. The fourth-order valence-electron chi connectivity index (χ4n) is 0.859. The number of hydrogen-bond donors (Lipinski definition) is 0. The van der Waals surface area contributed by atoms with E-state index >= 15 is 0 Å². The SMILES string of the molecule is CC(=O)[CH-]C(C)=O.CC(=O)[CH-]C(C)=O.CC(=O)[CH-]C(C)=O.[Nd]. The van der Waals surface area contributed by atoms with E-state index in [9.17, 15) is 28.8 Å². The van der Waals surface area contributed by atoms with Crippen LogP contribution in [0, 0.1) is 60.1 Å². The van der Waals surface area contributed by atoms with Crippen molar-refractivity contribution in [3.8, 4) is 0 Å². The first-order valence-corrected chi connectivity index (χ1v) is 5.96. The monoisotopic (exact) mass is 439 g/mol. The predicted molar refractivity (Wildman–Crippen MR) is 77.0 cm³/mol. The van der Waals surface area contributed by atoms with Crippen molar-refractivity contribution in [3.63, 3.8) is 0 Å². The molecule has 22 heavy (non-hydrogen) atoms. The molecular formula is C15H21NdO6-3. The first-order chi connectivity index (χ1) is 9.38. The van der Waals surface area contributed by atoms with E-state index in [2.05, 4.69) is 0 Å². The van der Waals surface area contributed by atoms with E-state index in [4.69, 9.17) is 0 Å². The molecule has 0 heterocycles. The van der Waals surface area contributed by atoms with Crippen LogP contribution in [0.5, 0.6) is 0 Å². The molecule has 0 rings (SSSR count). The molecule has 0 saturated carbocycles. The molecule has 0 aliphatic carbocycles. The molecule has 0 aromatic carbocycles. The largest absolute Gasteiger partial charge is 0.334 e. The molecule has 0 radical (unpaired) electrons. The summed E-state index contributed by atoms with van der Waals surface area (Å²) in [5.74, 6) is -1.12. The third-order valence-electron chi connectivity index (χ3n) is 1.22. The van der Waals surface area contributed by atoms with Gasteiger partial charge in [0.15, 0.2) is 0 Å². The van der Waals surface area contributed by atoms with Crippen LogP contribution in [0.1, 0.15) is 41.5 Å². The minimum Gasteiger partial charge on any atom is -0.334 e. The Morgan fingerprint density at radius 1 is 0.409 bits per heavy atom. The minimum atomic E-state index is -0.187. The van der Waals surface area contributed by atoms with Crippen molar-refractivity contribution in [3.05, 3.63) is 19.3 Å². The van der Waals surface area contributed by atoms with Crippen LogP contribution in [-0.4, -0.2) is 34.7 Å². The van der Waals surface area contributed by atoms with E-state index in [0.717, 1.165) is 19.3 Å². The van der Waals surface area contributed by atoms with Gasteiger partial charge in [-0.25, -0.2) is 0 Å². The van der Waals surface area contributed by atoms with Gasteiger partial charge in [0, 0.05) is 75.5 Å². The van der Waals surface area contributed by atoms with Crippen LogP contribution >= 0.6 is 0 Å². The average Bonchev–Trinajstić information content (AvgIpc) is 2.10. The third kappa shape index (κ3) is 50.9. The zero-order chi connectivity index (χ0) is 17.6. The Hall–Kier alpha value is -1.02. The van der Waals surface area contributed by atoms with Crippen molar-refractivity contribution in [1.29, 1.82) is 0 Å². The molecule has 6 nitrogen and oxygen atoms in total. The molecule has 0 bridgehead atoms. The quantitative estimate of drug-likeness (QED) is 0.452. The molecule has 0 fully saturated rings. The summed E-state index contributed by atoms with van der Waals surface area (Å²) in [6, 6.07) is 0. The molecule has 0 aromatic rings. The molecule has 7 heteroatoms. The number of Topliss-reactive ketones (excluding diaryl/α,β-unsaturated/α-hetero) is 6. The van der Waals surface area contributed by atoms with E-state index in [1.54, 1.807) is 0 Å². The zero-order valence-electron chi connectivity index (χ0n) is 13.7. The second-order valence-corrected chi connectivity index (χ2v) is 4.10. The Kier molecular flexibility index (Phi) is 23.8. The van der Waals surface area contributed by atoms with Gasteiger partial charge in [0.1, 0.15) is 0 Å². The Bertz CT molecular complexity index is 314. The van der Waals surface area contributed by atoms with Gasteiger partial charge in [-0.15, -0.1) is 0 Å². The maximum Gasteiger partial charge on any atom is 0.00219 e. The Labute approximate surface area is 164 Å². The molecule has 0 amide bonds. The molecule has 0 N–H and O–H groups in total. The average molecular weight is 442 g/mol. The zero-order valence-corrected chi connectivity index (χ0v) is 16.9. The maximum absolute atomic E-state index is 9.98. The summed E-state index contributed by atoms with van der Waals surface area (Å²) in [6.07, 6.45) is 3.17. The van der Waals surface area contributed by atoms with Crippen molar-refractivity contribution in [2.24, 2.45) is 0 Å². The first-order valence-electron chi connectivity index (χ1n) is 5.96. The molecule has 124 valence electrons. The maximum atomic E-state index is 9.98. The van der Waals surface area contributed by atoms with Gasteiger partial charge in [0.2, 0.25) is 0 Å². The van der Waals surface area contributed by atoms with Crippen LogP contribution in [0.3, 0.4) is 0 Å². The Morgan fingerprint density at radius 3 is 0.500 bits per heavy atom. The second kappa shape index (κ2) is 18.0. The molecule has 0 aliphatic heterocycles. The van der Waals surface area contributed by atoms with Gasteiger partial charge in [0.25, 0.3) is 0 Å². The van der Waals surface area contributed by atoms with Crippen molar-refractivity contribution in [1.82, 2.24) is 0 Å². The van der Waals surface area contributed by atoms with Crippen LogP contribution < -0.4 is 0 Å². The second-order valence-electron chi connectivity index (χ2n) is 4.10. The minimum absolute atomic E-state index is 0. The molecule has 0 unspecified atom stereocenters. The van der Waals surface area contributed by atoms with Crippen LogP contribution in [-0.2, 0) is 28.8 Å². The topological polar surface area (TPSA) is 102 Å². The van der Waals surface area contributed by atoms with Gasteiger partial charge in [-0.2, -0.15) is 0 Å². The molecule has 0 aromatic heterocycles. The summed E-state index contributed by atoms with van der Waals surface area (Å²) in [5, 5.41) is 0. The summed E-state index contributed by atoms with van der Waals surface area (Å²) >= 11 is 0. The smallest absolute Gasteiger partial charge is 0.00219 e. The summed E-state index contributed by atoms with van der Waals surface area (Å²) in [5.41, 5.74) is 0. The molecule has 0 spiro atoms. The Balaban J connectivity index is -0.000000108. The first kappa shape index (κ1) is 29.0. The fourth-order valence-corrected chi connectivity index (χ4v) is 0.859. The number of hydrogen-bond acceptors (Lipinski definition) is 6. The molecule has 0 atom stereocenters. The van der Waals surface area contributed by atoms with Gasteiger partial charge in [-0.3, -0.25) is 19.3 Å². The summed E-state index contributed by atoms with van der Waals surface area (Å²) in [6.45, 7) is 8.09. The van der Waals surface area contributed by atoms with E-state index in [0.29, 0.717) is 0 Å². The predicted octanol–water partition coefficient (Wildman–Crippen LogP) is 1.11. The normalized spacial score (nSPS) is 7.36.